The van der Waals surface area contributed by atoms with E-state index in [1.807, 2.05) is 11.4 Å². The molecule has 26 heavy (non-hydrogen) atoms. The largest absolute Gasteiger partial charge is 0.303 e. The average Bonchev–Trinajstić information content (AvgIpc) is 3.22. The molecule has 0 saturated carbocycles. The highest BCUT2D eigenvalue weighted by Gasteiger charge is 2.45. The lowest BCUT2D eigenvalue weighted by molar-refractivity contribution is 0.0919. The maximum Gasteiger partial charge on any atom is 0.164 e. The summed E-state index contributed by atoms with van der Waals surface area (Å²) in [7, 11) is 0. The fourth-order valence-corrected chi connectivity index (χ4v) is 5.45. The van der Waals surface area contributed by atoms with E-state index in [0.29, 0.717) is 24.2 Å². The monoisotopic (exact) mass is 371 g/mol. The number of likely N-dealkylation sites (tertiary alicyclic amines) is 1. The normalized spacial score (nSPS) is 19.0. The molecule has 1 aromatic heterocycles. The zero-order chi connectivity index (χ0) is 18.1. The van der Waals surface area contributed by atoms with Crippen LogP contribution in [0.2, 0.25) is 0 Å². The van der Waals surface area contributed by atoms with Crippen molar-refractivity contribution in [2.24, 2.45) is 0 Å². The number of fused-ring (bicyclic) bond motifs is 2. The Labute approximate surface area is 156 Å². The van der Waals surface area contributed by atoms with Gasteiger partial charge in [0.1, 0.15) is 5.82 Å². The number of halogens is 1. The molecule has 1 spiro atoms. The predicted octanol–water partition coefficient (Wildman–Crippen LogP) is 4.47. The van der Waals surface area contributed by atoms with E-state index < -0.39 is 0 Å². The SMILES string of the molecule is O=C(CCCN1CCC2(CC1)CC(=O)c1ccsc12)c1ccc(F)cc1. The standard InChI is InChI=1S/C21H22FNO2S/c22-16-5-3-15(4-6-16)18(24)2-1-10-23-11-8-21(9-12-23)14-19(25)17-7-13-26-20(17)21/h3-7,13H,1-2,8-12,14H2. The summed E-state index contributed by atoms with van der Waals surface area (Å²) in [5.74, 6) is 0.0609. The van der Waals surface area contributed by atoms with Crippen molar-refractivity contribution in [3.8, 4) is 0 Å². The fraction of sp³-hybridized carbons (Fsp3) is 0.429. The Morgan fingerprint density at radius 3 is 2.62 bits per heavy atom. The number of rotatable bonds is 5. The van der Waals surface area contributed by atoms with Crippen LogP contribution in [0.3, 0.4) is 0 Å². The first kappa shape index (κ1) is 17.6. The molecule has 0 amide bonds. The van der Waals surface area contributed by atoms with Gasteiger partial charge in [0.15, 0.2) is 11.6 Å². The van der Waals surface area contributed by atoms with Crippen LogP contribution in [0.5, 0.6) is 0 Å². The van der Waals surface area contributed by atoms with Crippen LogP contribution in [0.15, 0.2) is 35.7 Å². The van der Waals surface area contributed by atoms with E-state index in [1.165, 1.54) is 17.0 Å². The minimum absolute atomic E-state index is 0.0705. The van der Waals surface area contributed by atoms with E-state index in [1.54, 1.807) is 23.5 Å². The van der Waals surface area contributed by atoms with E-state index in [2.05, 4.69) is 4.90 Å². The highest BCUT2D eigenvalue weighted by molar-refractivity contribution is 7.10. The zero-order valence-corrected chi connectivity index (χ0v) is 15.5. The number of carbonyl (C=O) groups is 2. The van der Waals surface area contributed by atoms with Crippen LogP contribution < -0.4 is 0 Å². The number of hydrogen-bond acceptors (Lipinski definition) is 4. The van der Waals surface area contributed by atoms with Crippen LogP contribution >= 0.6 is 11.3 Å². The van der Waals surface area contributed by atoms with Crippen molar-refractivity contribution in [2.45, 2.75) is 37.5 Å². The fourth-order valence-electron chi connectivity index (χ4n) is 4.27. The van der Waals surface area contributed by atoms with Crippen molar-refractivity contribution in [3.63, 3.8) is 0 Å². The number of carbonyl (C=O) groups excluding carboxylic acids is 2. The van der Waals surface area contributed by atoms with Crippen LogP contribution in [-0.4, -0.2) is 36.1 Å². The highest BCUT2D eigenvalue weighted by Crippen LogP contribution is 2.48. The summed E-state index contributed by atoms with van der Waals surface area (Å²) in [5, 5.41) is 2.04. The molecule has 5 heteroatoms. The molecule has 0 N–H and O–H groups in total. The minimum Gasteiger partial charge on any atom is -0.303 e. The van der Waals surface area contributed by atoms with E-state index >= 15 is 0 Å². The molecule has 0 atom stereocenters. The maximum atomic E-state index is 12.9. The van der Waals surface area contributed by atoms with E-state index in [-0.39, 0.29) is 17.0 Å². The summed E-state index contributed by atoms with van der Waals surface area (Å²) in [5.41, 5.74) is 1.60. The summed E-state index contributed by atoms with van der Waals surface area (Å²) in [6.45, 7) is 2.86. The second-order valence-corrected chi connectivity index (χ2v) is 8.34. The molecule has 0 radical (unpaired) electrons. The molecule has 1 aromatic carbocycles. The lowest BCUT2D eigenvalue weighted by atomic mass is 9.77. The average molecular weight is 371 g/mol. The smallest absolute Gasteiger partial charge is 0.164 e. The molecule has 3 nitrogen and oxygen atoms in total. The first-order valence-electron chi connectivity index (χ1n) is 9.20. The molecule has 1 aliphatic carbocycles. The van der Waals surface area contributed by atoms with Gasteiger partial charge in [-0.2, -0.15) is 0 Å². The third kappa shape index (κ3) is 3.26. The lowest BCUT2D eigenvalue weighted by Crippen LogP contribution is -2.41. The lowest BCUT2D eigenvalue weighted by Gasteiger charge is -2.39. The van der Waals surface area contributed by atoms with Gasteiger partial charge in [-0.15, -0.1) is 11.3 Å². The van der Waals surface area contributed by atoms with Crippen molar-refractivity contribution < 1.29 is 14.0 Å². The molecular formula is C21H22FNO2S. The second kappa shape index (κ2) is 7.05. The summed E-state index contributed by atoms with van der Waals surface area (Å²) in [6, 6.07) is 7.75. The van der Waals surface area contributed by atoms with Gasteiger partial charge < -0.3 is 4.90 Å². The van der Waals surface area contributed by atoms with Crippen molar-refractivity contribution in [1.82, 2.24) is 4.90 Å². The van der Waals surface area contributed by atoms with Crippen LogP contribution in [-0.2, 0) is 5.41 Å². The Hall–Kier alpha value is -1.85. The number of ketones is 2. The van der Waals surface area contributed by atoms with Crippen LogP contribution in [0.1, 0.15) is 57.7 Å². The molecule has 1 aliphatic heterocycles. The Morgan fingerprint density at radius 2 is 1.88 bits per heavy atom. The molecule has 2 aromatic rings. The van der Waals surface area contributed by atoms with E-state index in [4.69, 9.17) is 0 Å². The second-order valence-electron chi connectivity index (χ2n) is 7.42. The van der Waals surface area contributed by atoms with Crippen molar-refractivity contribution in [1.29, 1.82) is 0 Å². The number of nitrogens with zero attached hydrogens (tertiary/aromatic N) is 1. The third-order valence-corrected chi connectivity index (χ3v) is 6.96. The van der Waals surface area contributed by atoms with Gasteiger partial charge in [0, 0.05) is 34.3 Å². The van der Waals surface area contributed by atoms with Crippen molar-refractivity contribution in [3.05, 3.63) is 57.5 Å². The number of piperidine rings is 1. The predicted molar refractivity (Wildman–Crippen MR) is 101 cm³/mol. The quantitative estimate of drug-likeness (QED) is 0.728. The number of benzene rings is 1. The zero-order valence-electron chi connectivity index (χ0n) is 14.7. The Bertz CT molecular complexity index is 819. The Balaban J connectivity index is 1.27. The third-order valence-electron chi connectivity index (χ3n) is 5.80. The maximum absolute atomic E-state index is 12.9. The first-order valence-corrected chi connectivity index (χ1v) is 10.1. The molecule has 2 heterocycles. The Kier molecular flexibility index (Phi) is 4.76. The van der Waals surface area contributed by atoms with Gasteiger partial charge in [0.05, 0.1) is 0 Å². The van der Waals surface area contributed by atoms with Gasteiger partial charge in [0.2, 0.25) is 0 Å². The van der Waals surface area contributed by atoms with Gasteiger partial charge in [0.25, 0.3) is 0 Å². The van der Waals surface area contributed by atoms with Crippen molar-refractivity contribution in [2.75, 3.05) is 19.6 Å². The van der Waals surface area contributed by atoms with E-state index in [0.717, 1.165) is 44.5 Å². The van der Waals surface area contributed by atoms with Gasteiger partial charge in [-0.05, 0) is 74.6 Å². The molecule has 0 unspecified atom stereocenters. The van der Waals surface area contributed by atoms with Crippen molar-refractivity contribution >= 4 is 22.9 Å². The van der Waals surface area contributed by atoms with Crippen LogP contribution in [0.4, 0.5) is 4.39 Å². The molecule has 136 valence electrons. The summed E-state index contributed by atoms with van der Waals surface area (Å²) >= 11 is 1.73. The number of hydrogen-bond donors (Lipinski definition) is 0. The molecule has 1 fully saturated rings. The minimum atomic E-state index is -0.317. The topological polar surface area (TPSA) is 37.4 Å². The summed E-state index contributed by atoms with van der Waals surface area (Å²) in [6.07, 6.45) is 4.02. The van der Waals surface area contributed by atoms with Gasteiger partial charge >= 0.3 is 0 Å². The highest BCUT2D eigenvalue weighted by atomic mass is 32.1. The molecule has 4 rings (SSSR count). The molecule has 0 bridgehead atoms. The summed E-state index contributed by atoms with van der Waals surface area (Å²) in [4.78, 5) is 28.1. The van der Waals surface area contributed by atoms with Gasteiger partial charge in [-0.25, -0.2) is 4.39 Å². The Morgan fingerprint density at radius 1 is 1.15 bits per heavy atom. The van der Waals surface area contributed by atoms with Gasteiger partial charge in [-0.1, -0.05) is 0 Å². The van der Waals surface area contributed by atoms with E-state index in [9.17, 15) is 14.0 Å². The number of Topliss-reactive ketones (excluding diaryl/α,β-unsaturated/α-hetero) is 2. The number of thiophene rings is 1. The van der Waals surface area contributed by atoms with Crippen LogP contribution in [0.25, 0.3) is 0 Å². The molecule has 1 saturated heterocycles. The van der Waals surface area contributed by atoms with Gasteiger partial charge in [-0.3, -0.25) is 9.59 Å². The first-order chi connectivity index (χ1) is 12.6. The summed E-state index contributed by atoms with van der Waals surface area (Å²) < 4.78 is 12.9. The van der Waals surface area contributed by atoms with Crippen LogP contribution in [0, 0.1) is 5.82 Å². The molecular weight excluding hydrogens is 349 g/mol. The molecule has 2 aliphatic rings.